The first-order valence-electron chi connectivity index (χ1n) is 7.07. The third-order valence-electron chi connectivity index (χ3n) is 3.87. The van der Waals surface area contributed by atoms with Crippen LogP contribution in [0.3, 0.4) is 0 Å². The molecule has 1 aromatic rings. The molecule has 0 spiro atoms. The van der Waals surface area contributed by atoms with Crippen molar-refractivity contribution in [2.75, 3.05) is 26.7 Å². The van der Waals surface area contributed by atoms with E-state index in [1.54, 1.807) is 6.33 Å². The normalized spacial score (nSPS) is 18.3. The van der Waals surface area contributed by atoms with Gasteiger partial charge in [-0.3, -0.25) is 4.90 Å². The van der Waals surface area contributed by atoms with E-state index in [1.165, 1.54) is 32.4 Å². The molecule has 0 aromatic carbocycles. The Bertz CT molecular complexity index is 341. The summed E-state index contributed by atoms with van der Waals surface area (Å²) in [6.45, 7) is 7.52. The quantitative estimate of drug-likeness (QED) is 0.823. The lowest BCUT2D eigenvalue weighted by Gasteiger charge is -2.31. The molecular weight excluding hydrogens is 226 g/mol. The first kappa shape index (κ1) is 13.5. The molecule has 1 saturated heterocycles. The van der Waals surface area contributed by atoms with Gasteiger partial charge >= 0.3 is 0 Å². The average Bonchev–Trinajstić information content (AvgIpc) is 2.85. The van der Waals surface area contributed by atoms with Crippen LogP contribution in [0.1, 0.15) is 32.0 Å². The number of hydrogen-bond donors (Lipinski definition) is 1. The van der Waals surface area contributed by atoms with Crippen LogP contribution in [-0.2, 0) is 13.1 Å². The Morgan fingerprint density at radius 3 is 2.83 bits per heavy atom. The summed E-state index contributed by atoms with van der Waals surface area (Å²) < 4.78 is 1.99. The van der Waals surface area contributed by atoms with Crippen molar-refractivity contribution in [3.8, 4) is 0 Å². The number of piperidine rings is 1. The van der Waals surface area contributed by atoms with Crippen molar-refractivity contribution in [3.05, 3.63) is 12.2 Å². The molecule has 0 aliphatic carbocycles. The maximum Gasteiger partial charge on any atom is 0.140 e. The molecule has 18 heavy (non-hydrogen) atoms. The maximum atomic E-state index is 4.35. The van der Waals surface area contributed by atoms with Gasteiger partial charge < -0.3 is 5.32 Å². The Balaban J connectivity index is 1.76. The average molecular weight is 251 g/mol. The molecule has 5 nitrogen and oxygen atoms in total. The fourth-order valence-corrected chi connectivity index (χ4v) is 2.66. The van der Waals surface area contributed by atoms with Gasteiger partial charge in [0.1, 0.15) is 12.2 Å². The minimum absolute atomic E-state index is 0.901. The molecule has 1 aromatic heterocycles. The van der Waals surface area contributed by atoms with E-state index in [9.17, 15) is 0 Å². The summed E-state index contributed by atoms with van der Waals surface area (Å²) in [7, 11) is 2.03. The zero-order valence-corrected chi connectivity index (χ0v) is 11.6. The molecule has 0 bridgehead atoms. The van der Waals surface area contributed by atoms with Crippen LogP contribution in [0.4, 0.5) is 0 Å². The first-order chi connectivity index (χ1) is 8.83. The molecule has 1 N–H and O–H groups in total. The van der Waals surface area contributed by atoms with Crippen LogP contribution in [0.5, 0.6) is 0 Å². The molecular formula is C13H25N5. The van der Waals surface area contributed by atoms with E-state index in [-0.39, 0.29) is 0 Å². The van der Waals surface area contributed by atoms with Gasteiger partial charge in [-0.15, -0.1) is 0 Å². The SMILES string of the molecule is CCn1ncnc1CN1CCC(CCNC)CC1. The standard InChI is InChI=1S/C13H25N5/c1-3-18-13(15-11-16-18)10-17-8-5-12(6-9-17)4-7-14-2/h11-12,14H,3-10H2,1-2H3. The summed E-state index contributed by atoms with van der Waals surface area (Å²) in [5, 5.41) is 7.47. The molecule has 0 unspecified atom stereocenters. The van der Waals surface area contributed by atoms with Crippen molar-refractivity contribution in [2.24, 2.45) is 5.92 Å². The summed E-state index contributed by atoms with van der Waals surface area (Å²) >= 11 is 0. The van der Waals surface area contributed by atoms with Crippen molar-refractivity contribution in [2.45, 2.75) is 39.3 Å². The molecule has 102 valence electrons. The zero-order chi connectivity index (χ0) is 12.8. The highest BCUT2D eigenvalue weighted by Crippen LogP contribution is 2.20. The Kier molecular flexibility index (Phi) is 5.13. The molecule has 2 rings (SSSR count). The lowest BCUT2D eigenvalue weighted by molar-refractivity contribution is 0.166. The Morgan fingerprint density at radius 2 is 2.17 bits per heavy atom. The van der Waals surface area contributed by atoms with Crippen LogP contribution in [0.25, 0.3) is 0 Å². The number of rotatable bonds is 6. The van der Waals surface area contributed by atoms with E-state index in [0.29, 0.717) is 0 Å². The van der Waals surface area contributed by atoms with Gasteiger partial charge in [-0.25, -0.2) is 9.67 Å². The van der Waals surface area contributed by atoms with Gasteiger partial charge in [0.05, 0.1) is 6.54 Å². The summed E-state index contributed by atoms with van der Waals surface area (Å²) in [5.41, 5.74) is 0. The second kappa shape index (κ2) is 6.85. The Hall–Kier alpha value is -0.940. The fourth-order valence-electron chi connectivity index (χ4n) is 2.66. The zero-order valence-electron chi connectivity index (χ0n) is 11.6. The van der Waals surface area contributed by atoms with Gasteiger partial charge in [0.2, 0.25) is 0 Å². The van der Waals surface area contributed by atoms with Gasteiger partial charge in [-0.1, -0.05) is 0 Å². The molecule has 0 radical (unpaired) electrons. The second-order valence-electron chi connectivity index (χ2n) is 5.10. The molecule has 0 saturated carbocycles. The van der Waals surface area contributed by atoms with Crippen LogP contribution >= 0.6 is 0 Å². The fraction of sp³-hybridized carbons (Fsp3) is 0.846. The number of hydrogen-bond acceptors (Lipinski definition) is 4. The number of likely N-dealkylation sites (tertiary alicyclic amines) is 1. The number of aromatic nitrogens is 3. The molecule has 0 atom stereocenters. The highest BCUT2D eigenvalue weighted by Gasteiger charge is 2.19. The van der Waals surface area contributed by atoms with E-state index in [0.717, 1.165) is 31.4 Å². The van der Waals surface area contributed by atoms with Crippen molar-refractivity contribution in [3.63, 3.8) is 0 Å². The molecule has 1 aliphatic heterocycles. The molecule has 1 aliphatic rings. The number of nitrogens with zero attached hydrogens (tertiary/aromatic N) is 4. The third-order valence-corrected chi connectivity index (χ3v) is 3.87. The first-order valence-corrected chi connectivity index (χ1v) is 7.07. The Labute approximate surface area is 110 Å². The minimum Gasteiger partial charge on any atom is -0.320 e. The predicted molar refractivity (Wildman–Crippen MR) is 72.2 cm³/mol. The van der Waals surface area contributed by atoms with Gasteiger partial charge in [0.25, 0.3) is 0 Å². The molecule has 0 amide bonds. The number of aryl methyl sites for hydroxylation is 1. The van der Waals surface area contributed by atoms with Crippen LogP contribution in [0.15, 0.2) is 6.33 Å². The van der Waals surface area contributed by atoms with Gasteiger partial charge in [0.15, 0.2) is 0 Å². The molecule has 1 fully saturated rings. The van der Waals surface area contributed by atoms with Gasteiger partial charge in [0, 0.05) is 6.54 Å². The highest BCUT2D eigenvalue weighted by molar-refractivity contribution is 4.86. The summed E-state index contributed by atoms with van der Waals surface area (Å²) in [6.07, 6.45) is 5.62. The van der Waals surface area contributed by atoms with E-state index < -0.39 is 0 Å². The largest absolute Gasteiger partial charge is 0.320 e. The van der Waals surface area contributed by atoms with E-state index in [4.69, 9.17) is 0 Å². The van der Waals surface area contributed by atoms with Crippen LogP contribution < -0.4 is 5.32 Å². The van der Waals surface area contributed by atoms with Crippen LogP contribution in [0, 0.1) is 5.92 Å². The molecule has 5 heteroatoms. The second-order valence-corrected chi connectivity index (χ2v) is 5.10. The van der Waals surface area contributed by atoms with Crippen molar-refractivity contribution in [1.82, 2.24) is 25.0 Å². The predicted octanol–water partition coefficient (Wildman–Crippen LogP) is 1.12. The summed E-state index contributed by atoms with van der Waals surface area (Å²) in [4.78, 5) is 6.86. The lowest BCUT2D eigenvalue weighted by Crippen LogP contribution is -2.34. The van der Waals surface area contributed by atoms with Crippen LogP contribution in [-0.4, -0.2) is 46.3 Å². The van der Waals surface area contributed by atoms with Gasteiger partial charge in [-0.2, -0.15) is 5.10 Å². The summed E-state index contributed by atoms with van der Waals surface area (Å²) in [6, 6.07) is 0. The number of nitrogens with one attached hydrogen (secondary N) is 1. The van der Waals surface area contributed by atoms with Crippen molar-refractivity contribution < 1.29 is 0 Å². The minimum atomic E-state index is 0.901. The smallest absolute Gasteiger partial charge is 0.140 e. The topological polar surface area (TPSA) is 46.0 Å². The monoisotopic (exact) mass is 251 g/mol. The lowest BCUT2D eigenvalue weighted by atomic mass is 9.93. The highest BCUT2D eigenvalue weighted by atomic mass is 15.3. The van der Waals surface area contributed by atoms with Crippen LogP contribution in [0.2, 0.25) is 0 Å². The van der Waals surface area contributed by atoms with E-state index in [2.05, 4.69) is 27.2 Å². The Morgan fingerprint density at radius 1 is 1.39 bits per heavy atom. The van der Waals surface area contributed by atoms with Gasteiger partial charge in [-0.05, 0) is 58.8 Å². The summed E-state index contributed by atoms with van der Waals surface area (Å²) in [5.74, 6) is 2.00. The van der Waals surface area contributed by atoms with Crippen molar-refractivity contribution in [1.29, 1.82) is 0 Å². The molecule has 2 heterocycles. The van der Waals surface area contributed by atoms with E-state index in [1.807, 2.05) is 11.7 Å². The van der Waals surface area contributed by atoms with Crippen molar-refractivity contribution >= 4 is 0 Å². The van der Waals surface area contributed by atoms with E-state index >= 15 is 0 Å². The maximum absolute atomic E-state index is 4.35. The third kappa shape index (κ3) is 3.53.